The molecule has 2 aliphatic rings. The number of nitrogens with zero attached hydrogens (tertiary/aromatic N) is 1. The van der Waals surface area contributed by atoms with Crippen LogP contribution in [0.1, 0.15) is 71.6 Å². The number of esters is 1. The van der Waals surface area contributed by atoms with Crippen LogP contribution in [0.4, 0.5) is 0 Å². The van der Waals surface area contributed by atoms with E-state index in [1.165, 1.54) is 0 Å². The van der Waals surface area contributed by atoms with Crippen molar-refractivity contribution >= 4 is 45.1 Å². The van der Waals surface area contributed by atoms with Gasteiger partial charge in [0.15, 0.2) is 0 Å². The third-order valence-corrected chi connectivity index (χ3v) is 8.19. The van der Waals surface area contributed by atoms with Gasteiger partial charge in [-0.25, -0.2) is 13.1 Å². The van der Waals surface area contributed by atoms with Gasteiger partial charge in [-0.15, -0.1) is 0 Å². The van der Waals surface area contributed by atoms with Crippen molar-refractivity contribution in [1.82, 2.24) is 9.62 Å². The normalized spacial score (nSPS) is 24.4. The largest absolute Gasteiger partial charge is 0.465 e. The van der Waals surface area contributed by atoms with Crippen LogP contribution < -0.4 is 4.72 Å². The van der Waals surface area contributed by atoms with E-state index in [-0.39, 0.29) is 12.5 Å². The number of hydrogen-bond donors (Lipinski definition) is 1. The number of carbonyl (C=O) groups excluding carboxylic acids is 2. The molecular formula is C26H30Cl2N2O5S. The molecule has 0 saturated heterocycles. The Kier molecular flexibility index (Phi) is 8.00. The summed E-state index contributed by atoms with van der Waals surface area (Å²) in [7, 11) is -3.54. The Hall–Kier alpha value is -2.13. The lowest BCUT2D eigenvalue weighted by Crippen LogP contribution is -2.58. The van der Waals surface area contributed by atoms with Crippen LogP contribution in [0.5, 0.6) is 0 Å². The molecule has 1 amide bonds. The minimum atomic E-state index is -3.54. The fraction of sp³-hybridized carbons (Fsp3) is 0.462. The smallest absolute Gasteiger partial charge is 0.315 e. The highest BCUT2D eigenvalue weighted by molar-refractivity contribution is 7.88. The van der Waals surface area contributed by atoms with Crippen molar-refractivity contribution in [3.63, 3.8) is 0 Å². The van der Waals surface area contributed by atoms with Crippen LogP contribution in [0.15, 0.2) is 36.4 Å². The summed E-state index contributed by atoms with van der Waals surface area (Å²) in [6.45, 7) is 3.81. The molecule has 0 unspecified atom stereocenters. The summed E-state index contributed by atoms with van der Waals surface area (Å²) >= 11 is 12.9. The van der Waals surface area contributed by atoms with E-state index in [0.29, 0.717) is 39.6 Å². The van der Waals surface area contributed by atoms with Gasteiger partial charge in [0.1, 0.15) is 5.92 Å². The van der Waals surface area contributed by atoms with Gasteiger partial charge in [0.2, 0.25) is 10.0 Å². The Morgan fingerprint density at radius 2 is 1.83 bits per heavy atom. The van der Waals surface area contributed by atoms with Crippen LogP contribution in [0.2, 0.25) is 10.0 Å². The van der Waals surface area contributed by atoms with Crippen molar-refractivity contribution in [2.24, 2.45) is 0 Å². The van der Waals surface area contributed by atoms with Crippen LogP contribution in [0.3, 0.4) is 0 Å². The molecule has 1 fully saturated rings. The van der Waals surface area contributed by atoms with Gasteiger partial charge in [-0.2, -0.15) is 0 Å². The monoisotopic (exact) mass is 552 g/mol. The van der Waals surface area contributed by atoms with Gasteiger partial charge in [-0.05, 0) is 56.0 Å². The van der Waals surface area contributed by atoms with Gasteiger partial charge in [0, 0.05) is 27.7 Å². The number of benzene rings is 2. The van der Waals surface area contributed by atoms with Crippen molar-refractivity contribution in [3.05, 3.63) is 68.7 Å². The zero-order valence-corrected chi connectivity index (χ0v) is 22.8. The highest BCUT2D eigenvalue weighted by Gasteiger charge is 2.50. The first-order valence-corrected chi connectivity index (χ1v) is 14.7. The first-order valence-electron chi connectivity index (χ1n) is 12.0. The molecule has 36 heavy (non-hydrogen) atoms. The van der Waals surface area contributed by atoms with Crippen LogP contribution in [0, 0.1) is 6.92 Å². The van der Waals surface area contributed by atoms with Gasteiger partial charge < -0.3 is 9.64 Å². The fourth-order valence-corrected chi connectivity index (χ4v) is 6.85. The van der Waals surface area contributed by atoms with Crippen molar-refractivity contribution in [2.45, 2.75) is 63.6 Å². The van der Waals surface area contributed by atoms with Crippen molar-refractivity contribution in [2.75, 3.05) is 12.9 Å². The Morgan fingerprint density at radius 3 is 2.50 bits per heavy atom. The lowest BCUT2D eigenvalue weighted by molar-refractivity contribution is -0.147. The number of ether oxygens (including phenoxy) is 1. The standard InChI is InChI=1S/C26H30Cl2N2O5S/c1-4-35-26(32)23-19-13-15(2)9-11-17(19)25(31)30(24(23)18-12-10-16(27)14-20(18)28)22-8-6-5-7-21(22)29-36(3,33)34/h9-14,21-24,29H,4-8H2,1-3H3/t21-,22-,23+,24-/m0/s1. The zero-order chi connectivity index (χ0) is 26.2. The molecule has 4 atom stereocenters. The first-order chi connectivity index (χ1) is 17.0. The summed E-state index contributed by atoms with van der Waals surface area (Å²) in [6.07, 6.45) is 3.92. The molecule has 1 N–H and O–H groups in total. The fourth-order valence-electron chi connectivity index (χ4n) is 5.50. The molecule has 1 heterocycles. The molecule has 1 aliphatic heterocycles. The lowest BCUT2D eigenvalue weighted by atomic mass is 9.76. The summed E-state index contributed by atoms with van der Waals surface area (Å²) in [6, 6.07) is 8.61. The third kappa shape index (κ3) is 5.42. The number of aryl methyl sites for hydroxylation is 1. The average molecular weight is 554 g/mol. The summed E-state index contributed by atoms with van der Waals surface area (Å²) in [5.74, 6) is -1.59. The summed E-state index contributed by atoms with van der Waals surface area (Å²) in [4.78, 5) is 29.4. The second-order valence-electron chi connectivity index (χ2n) is 9.49. The van der Waals surface area contributed by atoms with E-state index in [2.05, 4.69) is 4.72 Å². The predicted octanol–water partition coefficient (Wildman–Crippen LogP) is 5.01. The Labute approximate surface area is 222 Å². The molecule has 0 bridgehead atoms. The molecule has 194 valence electrons. The van der Waals surface area contributed by atoms with E-state index in [9.17, 15) is 18.0 Å². The van der Waals surface area contributed by atoms with Crippen LogP contribution in [0.25, 0.3) is 0 Å². The molecule has 1 aliphatic carbocycles. The maximum atomic E-state index is 14.2. The molecule has 0 aromatic heterocycles. The number of hydrogen-bond acceptors (Lipinski definition) is 5. The van der Waals surface area contributed by atoms with E-state index >= 15 is 0 Å². The number of sulfonamides is 1. The molecule has 4 rings (SSSR count). The molecule has 2 aromatic rings. The third-order valence-electron chi connectivity index (χ3n) is 6.90. The molecular weight excluding hydrogens is 523 g/mol. The minimum Gasteiger partial charge on any atom is -0.465 e. The van der Waals surface area contributed by atoms with E-state index in [0.717, 1.165) is 24.7 Å². The molecule has 1 saturated carbocycles. The van der Waals surface area contributed by atoms with Crippen LogP contribution in [-0.4, -0.2) is 50.1 Å². The predicted molar refractivity (Wildman–Crippen MR) is 140 cm³/mol. The van der Waals surface area contributed by atoms with Crippen molar-refractivity contribution in [1.29, 1.82) is 0 Å². The number of carbonyl (C=O) groups is 2. The van der Waals surface area contributed by atoms with Gasteiger partial charge >= 0.3 is 5.97 Å². The average Bonchev–Trinajstić information content (AvgIpc) is 2.79. The first kappa shape index (κ1) is 26.9. The zero-order valence-electron chi connectivity index (χ0n) is 20.5. The summed E-state index contributed by atoms with van der Waals surface area (Å²) in [5, 5.41) is 0.745. The summed E-state index contributed by atoms with van der Waals surface area (Å²) < 4.78 is 32.7. The SMILES string of the molecule is CCOC(=O)[C@@H]1c2cc(C)ccc2C(=O)N([C@H]2CCCC[C@@H]2NS(C)(=O)=O)[C@H]1c1ccc(Cl)cc1Cl. The summed E-state index contributed by atoms with van der Waals surface area (Å²) in [5.41, 5.74) is 2.45. The topological polar surface area (TPSA) is 92.8 Å². The number of nitrogens with one attached hydrogen (secondary N) is 1. The maximum absolute atomic E-state index is 14.2. The van der Waals surface area contributed by atoms with E-state index in [4.69, 9.17) is 27.9 Å². The van der Waals surface area contributed by atoms with E-state index < -0.39 is 40.0 Å². The molecule has 0 spiro atoms. The number of amides is 1. The number of fused-ring (bicyclic) bond motifs is 1. The lowest BCUT2D eigenvalue weighted by Gasteiger charge is -2.49. The Morgan fingerprint density at radius 1 is 1.11 bits per heavy atom. The van der Waals surface area contributed by atoms with Crippen molar-refractivity contribution in [3.8, 4) is 0 Å². The number of halogens is 2. The van der Waals surface area contributed by atoms with Gasteiger partial charge in [0.05, 0.1) is 18.9 Å². The van der Waals surface area contributed by atoms with Gasteiger partial charge in [-0.3, -0.25) is 9.59 Å². The van der Waals surface area contributed by atoms with E-state index in [1.54, 1.807) is 36.1 Å². The van der Waals surface area contributed by atoms with Crippen LogP contribution >= 0.6 is 23.2 Å². The molecule has 10 heteroatoms. The quantitative estimate of drug-likeness (QED) is 0.508. The minimum absolute atomic E-state index is 0.174. The second kappa shape index (κ2) is 10.7. The number of rotatable bonds is 6. The van der Waals surface area contributed by atoms with E-state index in [1.807, 2.05) is 19.1 Å². The van der Waals surface area contributed by atoms with Gasteiger partial charge in [-0.1, -0.05) is 59.8 Å². The molecule has 2 aromatic carbocycles. The maximum Gasteiger partial charge on any atom is 0.315 e. The molecule has 7 nitrogen and oxygen atoms in total. The Balaban J connectivity index is 1.96. The van der Waals surface area contributed by atoms with Gasteiger partial charge in [0.25, 0.3) is 5.91 Å². The second-order valence-corrected chi connectivity index (χ2v) is 12.1. The van der Waals surface area contributed by atoms with Crippen LogP contribution in [-0.2, 0) is 19.6 Å². The molecule has 0 radical (unpaired) electrons. The Bertz CT molecular complexity index is 1280. The highest BCUT2D eigenvalue weighted by atomic mass is 35.5. The highest BCUT2D eigenvalue weighted by Crippen LogP contribution is 2.48. The van der Waals surface area contributed by atoms with Crippen molar-refractivity contribution < 1.29 is 22.7 Å².